The van der Waals surface area contributed by atoms with E-state index in [1.165, 1.54) is 4.88 Å². The largest absolute Gasteiger partial charge is 0.378 e. The lowest BCUT2D eigenvalue weighted by Gasteiger charge is -2.27. The van der Waals surface area contributed by atoms with Crippen molar-refractivity contribution in [3.63, 3.8) is 0 Å². The van der Waals surface area contributed by atoms with Crippen molar-refractivity contribution in [2.45, 2.75) is 19.4 Å². The van der Waals surface area contributed by atoms with Gasteiger partial charge in [-0.05, 0) is 19.1 Å². The molecule has 0 spiro atoms. The number of halogens is 1. The number of hydrogen-bond donors (Lipinski definition) is 1. The lowest BCUT2D eigenvalue weighted by atomic mass is 10.2. The van der Waals surface area contributed by atoms with Crippen LogP contribution in [-0.2, 0) is 9.53 Å². The summed E-state index contributed by atoms with van der Waals surface area (Å²) < 4.78 is 6.03. The molecule has 1 N–H and O–H groups in total. The molecule has 1 aliphatic rings. The summed E-state index contributed by atoms with van der Waals surface area (Å²) in [5.74, 6) is 0.201. The van der Waals surface area contributed by atoms with Crippen LogP contribution >= 0.6 is 22.9 Å². The van der Waals surface area contributed by atoms with E-state index in [1.54, 1.807) is 11.3 Å². The molecule has 0 aromatic carbocycles. The quantitative estimate of drug-likeness (QED) is 0.907. The molecule has 0 saturated carbocycles. The molecule has 1 fully saturated rings. The summed E-state index contributed by atoms with van der Waals surface area (Å²) in [6.45, 7) is 5.52. The molecule has 19 heavy (non-hydrogen) atoms. The first-order valence-corrected chi connectivity index (χ1v) is 7.70. The standard InChI is InChI=1S/C13H19ClN2O2S/c1-10(11-2-3-12(14)19-11)15-5-4-13(17)16-6-8-18-9-7-16/h2-3,10,15H,4-9H2,1H3. The Hall–Kier alpha value is -0.620. The number of amides is 1. The van der Waals surface area contributed by atoms with Crippen LogP contribution in [0.15, 0.2) is 12.1 Å². The number of rotatable bonds is 5. The Morgan fingerprint density at radius 3 is 2.89 bits per heavy atom. The van der Waals surface area contributed by atoms with Gasteiger partial charge in [-0.3, -0.25) is 4.79 Å². The highest BCUT2D eigenvalue weighted by Gasteiger charge is 2.16. The van der Waals surface area contributed by atoms with Crippen LogP contribution in [0.5, 0.6) is 0 Å². The SMILES string of the molecule is CC(NCCC(=O)N1CCOCC1)c1ccc(Cl)s1. The predicted molar refractivity (Wildman–Crippen MR) is 77.8 cm³/mol. The fraction of sp³-hybridized carbons (Fsp3) is 0.615. The van der Waals surface area contributed by atoms with Crippen LogP contribution < -0.4 is 5.32 Å². The number of morpholine rings is 1. The molecule has 0 bridgehead atoms. The van der Waals surface area contributed by atoms with Crippen LogP contribution in [-0.4, -0.2) is 43.7 Å². The Morgan fingerprint density at radius 2 is 2.26 bits per heavy atom. The summed E-state index contributed by atoms with van der Waals surface area (Å²) in [5, 5.41) is 3.36. The average Bonchev–Trinajstić information content (AvgIpc) is 2.86. The molecule has 1 aromatic rings. The van der Waals surface area contributed by atoms with Gasteiger partial charge in [0, 0.05) is 37.0 Å². The van der Waals surface area contributed by atoms with Crippen LogP contribution in [0.1, 0.15) is 24.3 Å². The van der Waals surface area contributed by atoms with Crippen molar-refractivity contribution >= 4 is 28.8 Å². The monoisotopic (exact) mass is 302 g/mol. The minimum Gasteiger partial charge on any atom is -0.378 e. The van der Waals surface area contributed by atoms with Gasteiger partial charge in [0.2, 0.25) is 5.91 Å². The second-order valence-electron chi connectivity index (χ2n) is 4.56. The summed E-state index contributed by atoms with van der Waals surface area (Å²) >= 11 is 7.48. The minimum atomic E-state index is 0.201. The van der Waals surface area contributed by atoms with Gasteiger partial charge in [-0.25, -0.2) is 0 Å². The molecule has 1 saturated heterocycles. The number of carbonyl (C=O) groups is 1. The summed E-state index contributed by atoms with van der Waals surface area (Å²) in [5.41, 5.74) is 0. The predicted octanol–water partition coefficient (Wildman–Crippen LogP) is 2.30. The van der Waals surface area contributed by atoms with Gasteiger partial charge >= 0.3 is 0 Å². The van der Waals surface area contributed by atoms with Crippen LogP contribution in [0.2, 0.25) is 4.34 Å². The molecule has 1 aromatic heterocycles. The lowest BCUT2D eigenvalue weighted by molar-refractivity contribution is -0.135. The molecule has 1 atom stereocenters. The molecule has 106 valence electrons. The summed E-state index contributed by atoms with van der Waals surface area (Å²) in [4.78, 5) is 15.0. The highest BCUT2D eigenvalue weighted by Crippen LogP contribution is 2.26. The first-order valence-electron chi connectivity index (χ1n) is 6.51. The Kier molecular flexibility index (Phi) is 5.63. The van der Waals surface area contributed by atoms with Gasteiger partial charge in [0.05, 0.1) is 17.6 Å². The smallest absolute Gasteiger partial charge is 0.224 e. The molecular weight excluding hydrogens is 284 g/mol. The van der Waals surface area contributed by atoms with E-state index in [1.807, 2.05) is 17.0 Å². The van der Waals surface area contributed by atoms with Crippen molar-refractivity contribution < 1.29 is 9.53 Å². The number of carbonyl (C=O) groups excluding carboxylic acids is 1. The van der Waals surface area contributed by atoms with Gasteiger partial charge in [-0.1, -0.05) is 11.6 Å². The van der Waals surface area contributed by atoms with Crippen LogP contribution in [0.4, 0.5) is 0 Å². The van der Waals surface area contributed by atoms with Crippen LogP contribution in [0, 0.1) is 0 Å². The third kappa shape index (κ3) is 4.45. The first-order chi connectivity index (χ1) is 9.16. The number of thiophene rings is 1. The summed E-state index contributed by atoms with van der Waals surface area (Å²) in [7, 11) is 0. The van der Waals surface area contributed by atoms with Crippen LogP contribution in [0.3, 0.4) is 0 Å². The average molecular weight is 303 g/mol. The Morgan fingerprint density at radius 1 is 1.53 bits per heavy atom. The van der Waals surface area contributed by atoms with Crippen molar-refractivity contribution in [1.29, 1.82) is 0 Å². The molecule has 0 radical (unpaired) electrons. The molecule has 4 nitrogen and oxygen atoms in total. The van der Waals surface area contributed by atoms with E-state index < -0.39 is 0 Å². The van der Waals surface area contributed by atoms with Gasteiger partial charge in [0.15, 0.2) is 0 Å². The fourth-order valence-electron chi connectivity index (χ4n) is 2.03. The minimum absolute atomic E-state index is 0.201. The summed E-state index contributed by atoms with van der Waals surface area (Å²) in [6, 6.07) is 4.16. The molecule has 0 aliphatic carbocycles. The molecule has 1 unspecified atom stereocenters. The van der Waals surface area contributed by atoms with Crippen molar-refractivity contribution in [3.05, 3.63) is 21.3 Å². The van der Waals surface area contributed by atoms with E-state index in [9.17, 15) is 4.79 Å². The Bertz CT molecular complexity index is 419. The Labute approximate surface area is 122 Å². The number of hydrogen-bond acceptors (Lipinski definition) is 4. The zero-order valence-electron chi connectivity index (χ0n) is 11.0. The highest BCUT2D eigenvalue weighted by atomic mass is 35.5. The first kappa shape index (κ1) is 14.8. The molecule has 1 amide bonds. The van der Waals surface area contributed by atoms with E-state index in [0.29, 0.717) is 26.2 Å². The van der Waals surface area contributed by atoms with E-state index >= 15 is 0 Å². The van der Waals surface area contributed by atoms with Crippen molar-refractivity contribution in [2.24, 2.45) is 0 Å². The number of nitrogens with zero attached hydrogens (tertiary/aromatic N) is 1. The van der Waals surface area contributed by atoms with Gasteiger partial charge in [0.25, 0.3) is 0 Å². The van der Waals surface area contributed by atoms with Crippen molar-refractivity contribution in [2.75, 3.05) is 32.8 Å². The summed E-state index contributed by atoms with van der Waals surface area (Å²) in [6.07, 6.45) is 0.531. The third-order valence-corrected chi connectivity index (χ3v) is 4.59. The van der Waals surface area contributed by atoms with Crippen LogP contribution in [0.25, 0.3) is 0 Å². The van der Waals surface area contributed by atoms with Gasteiger partial charge in [-0.15, -0.1) is 11.3 Å². The van der Waals surface area contributed by atoms with Crippen molar-refractivity contribution in [3.8, 4) is 0 Å². The number of nitrogens with one attached hydrogen (secondary N) is 1. The highest BCUT2D eigenvalue weighted by molar-refractivity contribution is 7.16. The molecule has 2 heterocycles. The van der Waals surface area contributed by atoms with Gasteiger partial charge in [-0.2, -0.15) is 0 Å². The van der Waals surface area contributed by atoms with E-state index in [-0.39, 0.29) is 11.9 Å². The number of ether oxygens (including phenoxy) is 1. The maximum Gasteiger partial charge on any atom is 0.224 e. The van der Waals surface area contributed by atoms with E-state index in [0.717, 1.165) is 17.4 Å². The van der Waals surface area contributed by atoms with Crippen molar-refractivity contribution in [1.82, 2.24) is 10.2 Å². The third-order valence-electron chi connectivity index (χ3n) is 3.17. The Balaban J connectivity index is 1.69. The normalized spacial score (nSPS) is 17.5. The zero-order valence-corrected chi connectivity index (χ0v) is 12.6. The second kappa shape index (κ2) is 7.24. The molecule has 2 rings (SSSR count). The molecule has 1 aliphatic heterocycles. The zero-order chi connectivity index (χ0) is 13.7. The van der Waals surface area contributed by atoms with Gasteiger partial charge < -0.3 is 15.0 Å². The fourth-order valence-corrected chi connectivity index (χ4v) is 3.12. The maximum atomic E-state index is 11.9. The molecule has 6 heteroatoms. The van der Waals surface area contributed by atoms with E-state index in [2.05, 4.69) is 12.2 Å². The molecular formula is C13H19ClN2O2S. The second-order valence-corrected chi connectivity index (χ2v) is 6.31. The van der Waals surface area contributed by atoms with E-state index in [4.69, 9.17) is 16.3 Å². The topological polar surface area (TPSA) is 41.6 Å². The van der Waals surface area contributed by atoms with Gasteiger partial charge in [0.1, 0.15) is 0 Å². The lowest BCUT2D eigenvalue weighted by Crippen LogP contribution is -2.41. The maximum absolute atomic E-state index is 11.9.